The van der Waals surface area contributed by atoms with E-state index in [2.05, 4.69) is 14.7 Å². The van der Waals surface area contributed by atoms with E-state index in [0.717, 1.165) is 22.2 Å². The number of rotatable bonds is 5. The molecular weight excluding hydrogens is 348 g/mol. The summed E-state index contributed by atoms with van der Waals surface area (Å²) >= 11 is 1.18. The van der Waals surface area contributed by atoms with Gasteiger partial charge in [-0.2, -0.15) is 9.36 Å². The molecule has 2 heterocycles. The third-order valence-electron chi connectivity index (χ3n) is 4.00. The third kappa shape index (κ3) is 3.29. The van der Waals surface area contributed by atoms with Gasteiger partial charge in [0.1, 0.15) is 12.3 Å². The molecule has 0 saturated carbocycles. The van der Waals surface area contributed by atoms with Gasteiger partial charge in [0, 0.05) is 34.2 Å². The standard InChI is InChI=1S/C19H16N4O2S/c1-25-15-7-8-16-14(11-15)9-10-23(16)12-17(24)20-19-21-18(22-26-19)13-5-3-2-4-6-13/h2-11H,12H2,1H3,(H,20,21,22,24). The Bertz CT molecular complexity index is 1060. The van der Waals surface area contributed by atoms with E-state index < -0.39 is 0 Å². The molecule has 4 rings (SSSR count). The van der Waals surface area contributed by atoms with Crippen LogP contribution in [0.25, 0.3) is 22.3 Å². The lowest BCUT2D eigenvalue weighted by molar-refractivity contribution is -0.116. The smallest absolute Gasteiger partial charge is 0.246 e. The van der Waals surface area contributed by atoms with Crippen LogP contribution in [0, 0.1) is 0 Å². The number of nitrogens with one attached hydrogen (secondary N) is 1. The van der Waals surface area contributed by atoms with Gasteiger partial charge in [-0.25, -0.2) is 0 Å². The van der Waals surface area contributed by atoms with Gasteiger partial charge in [0.15, 0.2) is 5.82 Å². The van der Waals surface area contributed by atoms with Crippen molar-refractivity contribution < 1.29 is 9.53 Å². The van der Waals surface area contributed by atoms with Crippen molar-refractivity contribution in [3.05, 3.63) is 60.8 Å². The second-order valence-corrected chi connectivity index (χ2v) is 6.46. The monoisotopic (exact) mass is 364 g/mol. The molecule has 2 aromatic carbocycles. The molecule has 0 aliphatic heterocycles. The molecule has 0 aliphatic rings. The van der Waals surface area contributed by atoms with Crippen LogP contribution in [0.2, 0.25) is 0 Å². The summed E-state index contributed by atoms with van der Waals surface area (Å²) in [6.07, 6.45) is 1.89. The molecule has 0 atom stereocenters. The molecule has 0 fully saturated rings. The fourth-order valence-corrected chi connectivity index (χ4v) is 3.34. The number of nitrogens with zero attached hydrogens (tertiary/aromatic N) is 3. The van der Waals surface area contributed by atoms with Gasteiger partial charge in [0.2, 0.25) is 11.0 Å². The predicted octanol–water partition coefficient (Wildman–Crippen LogP) is 3.81. The highest BCUT2D eigenvalue weighted by molar-refractivity contribution is 7.10. The maximum atomic E-state index is 12.4. The Morgan fingerprint density at radius 2 is 2.04 bits per heavy atom. The van der Waals surface area contributed by atoms with Crippen molar-refractivity contribution in [2.24, 2.45) is 0 Å². The first-order chi connectivity index (χ1) is 12.7. The van der Waals surface area contributed by atoms with Gasteiger partial charge in [0.25, 0.3) is 0 Å². The number of carbonyl (C=O) groups is 1. The summed E-state index contributed by atoms with van der Waals surface area (Å²) in [5.74, 6) is 1.26. The van der Waals surface area contributed by atoms with Gasteiger partial charge in [-0.05, 0) is 24.3 Å². The first kappa shape index (κ1) is 16.3. The van der Waals surface area contributed by atoms with E-state index in [1.807, 2.05) is 65.4 Å². The Kier molecular flexibility index (Phi) is 4.37. The van der Waals surface area contributed by atoms with Crippen molar-refractivity contribution in [3.63, 3.8) is 0 Å². The lowest BCUT2D eigenvalue weighted by Crippen LogP contribution is -2.18. The van der Waals surface area contributed by atoms with Crippen molar-refractivity contribution in [2.45, 2.75) is 6.54 Å². The maximum Gasteiger partial charge on any atom is 0.246 e. The summed E-state index contributed by atoms with van der Waals surface area (Å²) in [5, 5.41) is 4.34. The van der Waals surface area contributed by atoms with Gasteiger partial charge in [0.05, 0.1) is 7.11 Å². The molecule has 26 heavy (non-hydrogen) atoms. The van der Waals surface area contributed by atoms with Crippen LogP contribution in [0.15, 0.2) is 60.8 Å². The molecule has 130 valence electrons. The lowest BCUT2D eigenvalue weighted by atomic mass is 10.2. The van der Waals surface area contributed by atoms with Gasteiger partial charge >= 0.3 is 0 Å². The van der Waals surface area contributed by atoms with Crippen molar-refractivity contribution in [3.8, 4) is 17.1 Å². The van der Waals surface area contributed by atoms with Crippen molar-refractivity contribution >= 4 is 33.5 Å². The summed E-state index contributed by atoms with van der Waals surface area (Å²) in [6.45, 7) is 0.204. The number of amides is 1. The summed E-state index contributed by atoms with van der Waals surface area (Å²) in [5.41, 5.74) is 1.90. The average Bonchev–Trinajstić information content (AvgIpc) is 3.29. The van der Waals surface area contributed by atoms with Gasteiger partial charge in [-0.15, -0.1) is 0 Å². The second kappa shape index (κ2) is 6.97. The number of anilines is 1. The zero-order valence-corrected chi connectivity index (χ0v) is 14.9. The van der Waals surface area contributed by atoms with E-state index in [9.17, 15) is 4.79 Å². The van der Waals surface area contributed by atoms with E-state index in [1.54, 1.807) is 7.11 Å². The van der Waals surface area contributed by atoms with E-state index in [4.69, 9.17) is 4.74 Å². The number of carbonyl (C=O) groups excluding carboxylic acids is 1. The normalized spacial score (nSPS) is 10.8. The van der Waals surface area contributed by atoms with Crippen molar-refractivity contribution in [1.82, 2.24) is 13.9 Å². The number of aromatic nitrogens is 3. The molecule has 0 unspecified atom stereocenters. The number of ether oxygens (including phenoxy) is 1. The van der Waals surface area contributed by atoms with E-state index >= 15 is 0 Å². The predicted molar refractivity (Wildman–Crippen MR) is 102 cm³/mol. The molecule has 6 nitrogen and oxygen atoms in total. The Morgan fingerprint density at radius 3 is 2.85 bits per heavy atom. The maximum absolute atomic E-state index is 12.4. The molecule has 2 aromatic heterocycles. The molecular formula is C19H16N4O2S. The first-order valence-corrected chi connectivity index (χ1v) is 8.82. The summed E-state index contributed by atoms with van der Waals surface area (Å²) in [6, 6.07) is 17.4. The highest BCUT2D eigenvalue weighted by Crippen LogP contribution is 2.23. The van der Waals surface area contributed by atoms with Crippen LogP contribution in [0.1, 0.15) is 0 Å². The molecule has 7 heteroatoms. The largest absolute Gasteiger partial charge is 0.497 e. The number of methoxy groups -OCH3 is 1. The minimum atomic E-state index is -0.144. The van der Waals surface area contributed by atoms with Gasteiger partial charge in [-0.1, -0.05) is 30.3 Å². The molecule has 0 saturated heterocycles. The molecule has 1 N–H and O–H groups in total. The molecule has 4 aromatic rings. The van der Waals surface area contributed by atoms with Crippen LogP contribution in [0.5, 0.6) is 5.75 Å². The van der Waals surface area contributed by atoms with Gasteiger partial charge in [-0.3, -0.25) is 10.1 Å². The molecule has 1 amide bonds. The van der Waals surface area contributed by atoms with Crippen LogP contribution in [0.4, 0.5) is 5.13 Å². The summed E-state index contributed by atoms with van der Waals surface area (Å²) in [4.78, 5) is 16.8. The van der Waals surface area contributed by atoms with Crippen molar-refractivity contribution in [2.75, 3.05) is 12.4 Å². The van der Waals surface area contributed by atoms with Crippen LogP contribution < -0.4 is 10.1 Å². The SMILES string of the molecule is COc1ccc2c(ccn2CC(=O)Nc2nc(-c3ccccc3)ns2)c1. The van der Waals surface area contributed by atoms with Crippen LogP contribution in [0.3, 0.4) is 0 Å². The number of hydrogen-bond acceptors (Lipinski definition) is 5. The fourth-order valence-electron chi connectivity index (χ4n) is 2.74. The van der Waals surface area contributed by atoms with E-state index in [-0.39, 0.29) is 12.5 Å². The summed E-state index contributed by atoms with van der Waals surface area (Å²) < 4.78 is 11.4. The molecule has 0 aliphatic carbocycles. The fraction of sp³-hybridized carbons (Fsp3) is 0.105. The van der Waals surface area contributed by atoms with Crippen LogP contribution in [-0.4, -0.2) is 26.9 Å². The minimum Gasteiger partial charge on any atom is -0.497 e. The van der Waals surface area contributed by atoms with E-state index in [1.165, 1.54) is 11.5 Å². The summed E-state index contributed by atoms with van der Waals surface area (Å²) in [7, 11) is 1.64. The molecule has 0 bridgehead atoms. The average molecular weight is 364 g/mol. The molecule has 0 spiro atoms. The second-order valence-electron chi connectivity index (χ2n) is 5.71. The number of benzene rings is 2. The van der Waals surface area contributed by atoms with Crippen LogP contribution >= 0.6 is 11.5 Å². The topological polar surface area (TPSA) is 69.0 Å². The Morgan fingerprint density at radius 1 is 1.19 bits per heavy atom. The number of hydrogen-bond donors (Lipinski definition) is 1. The van der Waals surface area contributed by atoms with Crippen LogP contribution in [-0.2, 0) is 11.3 Å². The highest BCUT2D eigenvalue weighted by Gasteiger charge is 2.11. The third-order valence-corrected chi connectivity index (χ3v) is 4.63. The Labute approximate surface area is 154 Å². The Balaban J connectivity index is 1.47. The molecule has 0 radical (unpaired) electrons. The quantitative estimate of drug-likeness (QED) is 0.585. The lowest BCUT2D eigenvalue weighted by Gasteiger charge is -2.06. The zero-order valence-electron chi connectivity index (χ0n) is 14.0. The number of fused-ring (bicyclic) bond motifs is 1. The zero-order chi connectivity index (χ0) is 17.9. The van der Waals surface area contributed by atoms with Gasteiger partial charge < -0.3 is 9.30 Å². The van der Waals surface area contributed by atoms with E-state index in [0.29, 0.717) is 11.0 Å². The minimum absolute atomic E-state index is 0.144. The van der Waals surface area contributed by atoms with Crippen molar-refractivity contribution in [1.29, 1.82) is 0 Å². The highest BCUT2D eigenvalue weighted by atomic mass is 32.1. The first-order valence-electron chi connectivity index (χ1n) is 8.05. The Hall–Kier alpha value is -3.19.